The van der Waals surface area contributed by atoms with Gasteiger partial charge in [0, 0.05) is 31.5 Å². The molecule has 2 N–H and O–H groups in total. The van der Waals surface area contributed by atoms with Crippen LogP contribution in [0.4, 0.5) is 0 Å². The fraction of sp³-hybridized carbons (Fsp3) is 0.529. The number of hydrogen-bond donors (Lipinski definition) is 2. The Hall–Kier alpha value is -1.93. The van der Waals surface area contributed by atoms with Crippen molar-refractivity contribution in [3.05, 3.63) is 17.7 Å². The summed E-state index contributed by atoms with van der Waals surface area (Å²) in [5.41, 5.74) is 0.979. The summed E-state index contributed by atoms with van der Waals surface area (Å²) in [6.45, 7) is 5.40. The molecule has 2 rings (SSSR count). The van der Waals surface area contributed by atoms with Gasteiger partial charge < -0.3 is 19.9 Å². The van der Waals surface area contributed by atoms with E-state index >= 15 is 0 Å². The second-order valence-corrected chi connectivity index (χ2v) is 6.62. The van der Waals surface area contributed by atoms with Crippen LogP contribution in [0, 0.1) is 0 Å². The fourth-order valence-electron chi connectivity index (χ4n) is 2.59. The van der Waals surface area contributed by atoms with Gasteiger partial charge in [-0.2, -0.15) is 0 Å². The van der Waals surface area contributed by atoms with Crippen LogP contribution >= 0.6 is 11.8 Å². The Balaban J connectivity index is 2.21. The first-order chi connectivity index (χ1) is 11.9. The van der Waals surface area contributed by atoms with Crippen molar-refractivity contribution in [1.29, 1.82) is 0 Å². The van der Waals surface area contributed by atoms with E-state index in [2.05, 4.69) is 5.32 Å². The van der Waals surface area contributed by atoms with Crippen LogP contribution in [-0.2, 0) is 16.1 Å². The van der Waals surface area contributed by atoms with Gasteiger partial charge in [-0.3, -0.25) is 14.5 Å². The Labute approximate surface area is 151 Å². The van der Waals surface area contributed by atoms with Gasteiger partial charge >= 0.3 is 5.97 Å². The molecule has 0 saturated heterocycles. The molecule has 1 unspecified atom stereocenters. The largest absolute Gasteiger partial charge is 0.486 e. The van der Waals surface area contributed by atoms with Gasteiger partial charge in [0.2, 0.25) is 5.91 Å². The van der Waals surface area contributed by atoms with Gasteiger partial charge in [0.1, 0.15) is 19.3 Å². The molecule has 0 fully saturated rings. The summed E-state index contributed by atoms with van der Waals surface area (Å²) < 4.78 is 11.2. The van der Waals surface area contributed by atoms with Gasteiger partial charge in [0.15, 0.2) is 11.5 Å². The third-order valence-corrected chi connectivity index (χ3v) is 4.82. The highest BCUT2D eigenvalue weighted by Gasteiger charge is 2.23. The molecular formula is C17H24N2O5S. The van der Waals surface area contributed by atoms with Crippen molar-refractivity contribution in [3.63, 3.8) is 0 Å². The van der Waals surface area contributed by atoms with Crippen LogP contribution in [0.5, 0.6) is 11.5 Å². The van der Waals surface area contributed by atoms with Gasteiger partial charge in [-0.05, 0) is 30.9 Å². The molecule has 0 aromatic heterocycles. The van der Waals surface area contributed by atoms with Crippen molar-refractivity contribution in [2.24, 2.45) is 0 Å². The first-order valence-electron chi connectivity index (χ1n) is 8.10. The first kappa shape index (κ1) is 19.4. The standard InChI is InChI=1S/C17H24N2O5S/c1-11(17(21)22)19(5-4-18-12(2)20)10-13-8-14-15(9-16(13)25-3)24-7-6-23-14/h8-9,11H,4-7,10H2,1-3H3,(H,18,20)(H,21,22). The monoisotopic (exact) mass is 368 g/mol. The van der Waals surface area contributed by atoms with E-state index in [9.17, 15) is 14.7 Å². The van der Waals surface area contributed by atoms with E-state index in [0.29, 0.717) is 38.6 Å². The van der Waals surface area contributed by atoms with Crippen molar-refractivity contribution in [2.45, 2.75) is 31.3 Å². The molecule has 1 heterocycles. The molecule has 0 spiro atoms. The number of benzene rings is 1. The zero-order valence-corrected chi connectivity index (χ0v) is 15.5. The molecule has 138 valence electrons. The summed E-state index contributed by atoms with van der Waals surface area (Å²) in [5.74, 6) is 0.373. The number of ether oxygens (including phenoxy) is 2. The summed E-state index contributed by atoms with van der Waals surface area (Å²) in [5, 5.41) is 12.1. The van der Waals surface area contributed by atoms with E-state index in [1.165, 1.54) is 6.92 Å². The third kappa shape index (κ3) is 5.27. The van der Waals surface area contributed by atoms with Crippen molar-refractivity contribution < 1.29 is 24.2 Å². The molecule has 1 aromatic rings. The van der Waals surface area contributed by atoms with Gasteiger partial charge in [0.25, 0.3) is 0 Å². The molecule has 25 heavy (non-hydrogen) atoms. The normalized spacial score (nSPS) is 14.2. The number of carboxylic acids is 1. The highest BCUT2D eigenvalue weighted by Crippen LogP contribution is 2.37. The molecule has 1 atom stereocenters. The van der Waals surface area contributed by atoms with Crippen molar-refractivity contribution in [1.82, 2.24) is 10.2 Å². The number of carbonyl (C=O) groups is 2. The Morgan fingerprint density at radius 2 is 1.96 bits per heavy atom. The lowest BCUT2D eigenvalue weighted by atomic mass is 10.1. The lowest BCUT2D eigenvalue weighted by Crippen LogP contribution is -2.42. The fourth-order valence-corrected chi connectivity index (χ4v) is 3.20. The van der Waals surface area contributed by atoms with Crippen molar-refractivity contribution in [2.75, 3.05) is 32.6 Å². The van der Waals surface area contributed by atoms with Crippen LogP contribution in [0.25, 0.3) is 0 Å². The minimum atomic E-state index is -0.897. The Morgan fingerprint density at radius 3 is 2.52 bits per heavy atom. The highest BCUT2D eigenvalue weighted by atomic mass is 32.2. The predicted molar refractivity (Wildman–Crippen MR) is 95.4 cm³/mol. The molecular weight excluding hydrogens is 344 g/mol. The van der Waals surface area contributed by atoms with E-state index in [-0.39, 0.29) is 5.91 Å². The van der Waals surface area contributed by atoms with Crippen LogP contribution in [0.15, 0.2) is 17.0 Å². The predicted octanol–water partition coefficient (Wildman–Crippen LogP) is 1.59. The van der Waals surface area contributed by atoms with E-state index in [1.54, 1.807) is 18.7 Å². The number of carbonyl (C=O) groups excluding carboxylic acids is 1. The maximum atomic E-state index is 11.4. The quantitative estimate of drug-likeness (QED) is 0.674. The van der Waals surface area contributed by atoms with Crippen LogP contribution in [-0.4, -0.2) is 60.5 Å². The van der Waals surface area contributed by atoms with Crippen molar-refractivity contribution in [3.8, 4) is 11.5 Å². The summed E-state index contributed by atoms with van der Waals surface area (Å²) in [4.78, 5) is 25.3. The van der Waals surface area contributed by atoms with Gasteiger partial charge in [-0.1, -0.05) is 0 Å². The zero-order chi connectivity index (χ0) is 18.4. The lowest BCUT2D eigenvalue weighted by molar-refractivity contribution is -0.142. The molecule has 0 bridgehead atoms. The van der Waals surface area contributed by atoms with Crippen LogP contribution in [0.2, 0.25) is 0 Å². The maximum absolute atomic E-state index is 11.4. The van der Waals surface area contributed by atoms with Gasteiger partial charge in [-0.15, -0.1) is 11.8 Å². The Bertz CT molecular complexity index is 638. The van der Waals surface area contributed by atoms with Gasteiger partial charge in [-0.25, -0.2) is 0 Å². The zero-order valence-electron chi connectivity index (χ0n) is 14.7. The number of fused-ring (bicyclic) bond motifs is 1. The minimum absolute atomic E-state index is 0.132. The number of nitrogens with zero attached hydrogens (tertiary/aromatic N) is 1. The van der Waals surface area contributed by atoms with Crippen LogP contribution in [0.1, 0.15) is 19.4 Å². The number of nitrogens with one attached hydrogen (secondary N) is 1. The maximum Gasteiger partial charge on any atom is 0.320 e. The number of aliphatic carboxylic acids is 1. The molecule has 8 heteroatoms. The average molecular weight is 368 g/mol. The second-order valence-electron chi connectivity index (χ2n) is 5.78. The molecule has 1 aromatic carbocycles. The topological polar surface area (TPSA) is 88.1 Å². The van der Waals surface area contributed by atoms with E-state index in [4.69, 9.17) is 9.47 Å². The number of rotatable bonds is 8. The van der Waals surface area contributed by atoms with Gasteiger partial charge in [0.05, 0.1) is 0 Å². The Kier molecular flexibility index (Phi) is 6.95. The number of amides is 1. The third-order valence-electron chi connectivity index (χ3n) is 4.00. The van der Waals surface area contributed by atoms with E-state index in [0.717, 1.165) is 16.2 Å². The number of carboxylic acid groups (broad SMARTS) is 1. The average Bonchev–Trinajstić information content (AvgIpc) is 2.59. The lowest BCUT2D eigenvalue weighted by Gasteiger charge is -2.28. The number of hydrogen-bond acceptors (Lipinski definition) is 6. The second kappa shape index (κ2) is 8.96. The highest BCUT2D eigenvalue weighted by molar-refractivity contribution is 7.98. The molecule has 1 aliphatic rings. The molecule has 0 radical (unpaired) electrons. The summed E-state index contributed by atoms with van der Waals surface area (Å²) in [6, 6.07) is 3.18. The SMILES string of the molecule is CSc1cc2c(cc1CN(CCNC(C)=O)C(C)C(=O)O)OCCO2. The molecule has 0 aliphatic carbocycles. The molecule has 1 aliphatic heterocycles. The summed E-state index contributed by atoms with van der Waals surface area (Å²) in [7, 11) is 0. The van der Waals surface area contributed by atoms with Crippen LogP contribution < -0.4 is 14.8 Å². The number of thioether (sulfide) groups is 1. The van der Waals surface area contributed by atoms with Crippen molar-refractivity contribution >= 4 is 23.6 Å². The van der Waals surface area contributed by atoms with Crippen LogP contribution in [0.3, 0.4) is 0 Å². The van der Waals surface area contributed by atoms with E-state index < -0.39 is 12.0 Å². The first-order valence-corrected chi connectivity index (χ1v) is 9.32. The summed E-state index contributed by atoms with van der Waals surface area (Å²) in [6.07, 6.45) is 1.97. The summed E-state index contributed by atoms with van der Waals surface area (Å²) >= 11 is 1.58. The smallest absolute Gasteiger partial charge is 0.320 e. The molecule has 1 amide bonds. The minimum Gasteiger partial charge on any atom is -0.486 e. The van der Waals surface area contributed by atoms with E-state index in [1.807, 2.05) is 23.3 Å². The molecule has 7 nitrogen and oxygen atoms in total. The molecule has 0 saturated carbocycles. The Morgan fingerprint density at radius 1 is 1.32 bits per heavy atom.